The van der Waals surface area contributed by atoms with Crippen molar-refractivity contribution in [1.82, 2.24) is 0 Å². The van der Waals surface area contributed by atoms with Crippen molar-refractivity contribution in [2.75, 3.05) is 5.73 Å². The van der Waals surface area contributed by atoms with Crippen LogP contribution in [0.2, 0.25) is 0 Å². The molecule has 2 N–H and O–H groups in total. The van der Waals surface area contributed by atoms with Crippen molar-refractivity contribution in [1.29, 1.82) is 0 Å². The van der Waals surface area contributed by atoms with Crippen molar-refractivity contribution < 1.29 is 4.79 Å². The Balaban J connectivity index is 0.00000154. The third kappa shape index (κ3) is 3.69. The molecule has 0 saturated heterocycles. The van der Waals surface area contributed by atoms with Crippen molar-refractivity contribution in [2.45, 2.75) is 55.4 Å². The van der Waals surface area contributed by atoms with Gasteiger partial charge in [0.1, 0.15) is 0 Å². The fraction of sp³-hybridized carbons (Fsp3) is 0.471. The monoisotopic (exact) mass is 261 g/mol. The Morgan fingerprint density at radius 3 is 1.79 bits per heavy atom. The van der Waals surface area contributed by atoms with Crippen LogP contribution < -0.4 is 5.73 Å². The lowest BCUT2D eigenvalue weighted by Crippen LogP contribution is -2.03. The van der Waals surface area contributed by atoms with E-state index in [-0.39, 0.29) is 5.78 Å². The van der Waals surface area contributed by atoms with E-state index >= 15 is 0 Å². The second-order valence-electron chi connectivity index (χ2n) is 4.71. The normalized spacial score (nSPS) is 10.8. The second kappa shape index (κ2) is 7.13. The van der Waals surface area contributed by atoms with Crippen LogP contribution in [0.25, 0.3) is 6.08 Å². The topological polar surface area (TPSA) is 43.1 Å². The summed E-state index contributed by atoms with van der Waals surface area (Å²) in [6.45, 7) is 15.6. The lowest BCUT2D eigenvalue weighted by Gasteiger charge is -2.16. The molecule has 19 heavy (non-hydrogen) atoms. The van der Waals surface area contributed by atoms with Gasteiger partial charge in [0.05, 0.1) is 0 Å². The SMILES string of the molecule is CC.CC(=O)/C(C)=C/c1c(C)c(C)c(C)c(N)c1C. The summed E-state index contributed by atoms with van der Waals surface area (Å²) >= 11 is 0. The van der Waals surface area contributed by atoms with E-state index in [4.69, 9.17) is 5.73 Å². The highest BCUT2D eigenvalue weighted by molar-refractivity contribution is 5.97. The Kier molecular flexibility index (Phi) is 6.54. The Morgan fingerprint density at radius 1 is 0.895 bits per heavy atom. The first-order chi connectivity index (χ1) is 8.77. The molecular weight excluding hydrogens is 234 g/mol. The molecule has 0 bridgehead atoms. The van der Waals surface area contributed by atoms with Gasteiger partial charge in [0.25, 0.3) is 0 Å². The number of carbonyl (C=O) groups excluding carboxylic acids is 1. The summed E-state index contributed by atoms with van der Waals surface area (Å²) in [4.78, 5) is 11.3. The number of Topliss-reactive ketones (excluding diaryl/α,β-unsaturated/α-hetero) is 1. The summed E-state index contributed by atoms with van der Waals surface area (Å²) in [6.07, 6.45) is 1.94. The van der Waals surface area contributed by atoms with Crippen molar-refractivity contribution in [3.8, 4) is 0 Å². The van der Waals surface area contributed by atoms with Crippen molar-refractivity contribution in [3.05, 3.63) is 33.4 Å². The summed E-state index contributed by atoms with van der Waals surface area (Å²) in [5, 5.41) is 0. The summed E-state index contributed by atoms with van der Waals surface area (Å²) in [5.74, 6) is 0.0978. The van der Waals surface area contributed by atoms with E-state index in [0.29, 0.717) is 0 Å². The molecule has 1 rings (SSSR count). The zero-order chi connectivity index (χ0) is 15.3. The third-order valence-corrected chi connectivity index (χ3v) is 3.66. The first kappa shape index (κ1) is 17.4. The lowest BCUT2D eigenvalue weighted by molar-refractivity contribution is -0.113. The number of rotatable bonds is 2. The van der Waals surface area contributed by atoms with Crippen LogP contribution in [-0.2, 0) is 4.79 Å². The minimum atomic E-state index is 0.0978. The highest BCUT2D eigenvalue weighted by Gasteiger charge is 2.11. The smallest absolute Gasteiger partial charge is 0.155 e. The first-order valence-electron chi connectivity index (χ1n) is 6.82. The quantitative estimate of drug-likeness (QED) is 0.628. The zero-order valence-corrected chi connectivity index (χ0v) is 13.6. The average Bonchev–Trinajstić information content (AvgIpc) is 2.41. The molecule has 0 spiro atoms. The molecule has 0 aromatic heterocycles. The molecule has 0 aliphatic carbocycles. The summed E-state index contributed by atoms with van der Waals surface area (Å²) < 4.78 is 0. The highest BCUT2D eigenvalue weighted by atomic mass is 16.1. The summed E-state index contributed by atoms with van der Waals surface area (Å²) in [6, 6.07) is 0. The van der Waals surface area contributed by atoms with Crippen LogP contribution in [0.1, 0.15) is 55.5 Å². The molecule has 0 unspecified atom stereocenters. The van der Waals surface area contributed by atoms with Gasteiger partial charge in [0.2, 0.25) is 0 Å². The number of carbonyl (C=O) groups is 1. The van der Waals surface area contributed by atoms with E-state index < -0.39 is 0 Å². The number of allylic oxidation sites excluding steroid dienone is 1. The largest absolute Gasteiger partial charge is 0.398 e. The van der Waals surface area contributed by atoms with Crippen LogP contribution in [0.5, 0.6) is 0 Å². The van der Waals surface area contributed by atoms with Crippen LogP contribution in [0, 0.1) is 27.7 Å². The fourth-order valence-electron chi connectivity index (χ4n) is 1.93. The Hall–Kier alpha value is -1.57. The molecule has 2 heteroatoms. The van der Waals surface area contributed by atoms with Crippen LogP contribution in [0.15, 0.2) is 5.57 Å². The highest BCUT2D eigenvalue weighted by Crippen LogP contribution is 2.29. The average molecular weight is 261 g/mol. The van der Waals surface area contributed by atoms with Crippen molar-refractivity contribution in [3.63, 3.8) is 0 Å². The summed E-state index contributed by atoms with van der Waals surface area (Å²) in [5.41, 5.74) is 13.4. The van der Waals surface area contributed by atoms with E-state index in [0.717, 1.165) is 28.0 Å². The van der Waals surface area contributed by atoms with Gasteiger partial charge < -0.3 is 5.73 Å². The lowest BCUT2D eigenvalue weighted by atomic mass is 9.91. The van der Waals surface area contributed by atoms with Gasteiger partial charge in [-0.25, -0.2) is 0 Å². The Morgan fingerprint density at radius 2 is 1.37 bits per heavy atom. The number of ketones is 1. The molecule has 0 aliphatic rings. The number of hydrogen-bond acceptors (Lipinski definition) is 2. The minimum absolute atomic E-state index is 0.0978. The third-order valence-electron chi connectivity index (χ3n) is 3.66. The number of hydrogen-bond donors (Lipinski definition) is 1. The maximum atomic E-state index is 11.3. The van der Waals surface area contributed by atoms with Crippen molar-refractivity contribution >= 4 is 17.5 Å². The minimum Gasteiger partial charge on any atom is -0.398 e. The molecule has 1 aromatic carbocycles. The van der Waals surface area contributed by atoms with Gasteiger partial charge in [-0.3, -0.25) is 4.79 Å². The molecule has 0 amide bonds. The van der Waals surface area contributed by atoms with Crippen LogP contribution in [0.3, 0.4) is 0 Å². The molecule has 1 aromatic rings. The van der Waals surface area contributed by atoms with Crippen LogP contribution in [0.4, 0.5) is 5.69 Å². The predicted octanol–water partition coefficient (Wildman–Crippen LogP) is 4.52. The molecule has 2 nitrogen and oxygen atoms in total. The first-order valence-corrected chi connectivity index (χ1v) is 6.82. The maximum absolute atomic E-state index is 11.3. The van der Waals surface area contributed by atoms with Crippen molar-refractivity contribution in [2.24, 2.45) is 0 Å². The Labute approximate surface area is 117 Å². The number of nitrogens with two attached hydrogens (primary N) is 1. The van der Waals surface area contributed by atoms with Crippen LogP contribution >= 0.6 is 0 Å². The predicted molar refractivity (Wildman–Crippen MR) is 85.5 cm³/mol. The molecule has 0 radical (unpaired) electrons. The van der Waals surface area contributed by atoms with Gasteiger partial charge in [-0.1, -0.05) is 13.8 Å². The van der Waals surface area contributed by atoms with Gasteiger partial charge in [0.15, 0.2) is 5.78 Å². The molecular formula is C17H27NO. The number of benzene rings is 1. The van der Waals surface area contributed by atoms with E-state index in [1.165, 1.54) is 11.1 Å². The zero-order valence-electron chi connectivity index (χ0n) is 13.6. The van der Waals surface area contributed by atoms with Gasteiger partial charge in [-0.15, -0.1) is 0 Å². The molecule has 106 valence electrons. The van der Waals surface area contributed by atoms with E-state index in [1.807, 2.05) is 40.7 Å². The molecule has 0 atom stereocenters. The summed E-state index contributed by atoms with van der Waals surface area (Å²) in [7, 11) is 0. The number of nitrogen functional groups attached to an aromatic ring is 1. The number of anilines is 1. The van der Waals surface area contributed by atoms with Gasteiger partial charge in [-0.2, -0.15) is 0 Å². The molecule has 0 heterocycles. The van der Waals surface area contributed by atoms with Gasteiger partial charge in [-0.05, 0) is 81.0 Å². The molecule has 0 aliphatic heterocycles. The fourth-order valence-corrected chi connectivity index (χ4v) is 1.93. The van der Waals surface area contributed by atoms with Gasteiger partial charge in [0, 0.05) is 5.69 Å². The van der Waals surface area contributed by atoms with Crippen LogP contribution in [-0.4, -0.2) is 5.78 Å². The van der Waals surface area contributed by atoms with E-state index in [9.17, 15) is 4.79 Å². The standard InChI is InChI=1S/C15H21NO.C2H6/c1-8(13(6)17)7-14-10(3)9(2)11(4)15(16)12(14)5;1-2/h7H,16H2,1-6H3;1-2H3/b8-7+;. The Bertz CT molecular complexity index is 481. The van der Waals surface area contributed by atoms with Gasteiger partial charge >= 0.3 is 0 Å². The molecule has 0 fully saturated rings. The maximum Gasteiger partial charge on any atom is 0.155 e. The van der Waals surface area contributed by atoms with E-state index in [2.05, 4.69) is 13.8 Å². The second-order valence-corrected chi connectivity index (χ2v) is 4.71. The molecule has 0 saturated carbocycles. The van der Waals surface area contributed by atoms with E-state index in [1.54, 1.807) is 6.92 Å².